The molecule has 0 heterocycles. The number of esters is 1. The van der Waals surface area contributed by atoms with Crippen LogP contribution in [0.25, 0.3) is 0 Å². The summed E-state index contributed by atoms with van der Waals surface area (Å²) in [6.45, 7) is -1.10. The smallest absolute Gasteiger partial charge is 0.306 e. The lowest BCUT2D eigenvalue weighted by Gasteiger charge is -2.09. The molecule has 0 N–H and O–H groups in total. The molecular formula is C18H13F5O3. The van der Waals surface area contributed by atoms with E-state index in [1.54, 1.807) is 30.3 Å². The molecule has 0 saturated heterocycles. The second kappa shape index (κ2) is 8.55. The first kappa shape index (κ1) is 19.6. The Morgan fingerprint density at radius 3 is 1.88 bits per heavy atom. The van der Waals surface area contributed by atoms with Gasteiger partial charge >= 0.3 is 5.97 Å². The van der Waals surface area contributed by atoms with E-state index in [2.05, 4.69) is 4.74 Å². The number of halogens is 5. The van der Waals surface area contributed by atoms with Gasteiger partial charge in [0, 0.05) is 18.4 Å². The average molecular weight is 372 g/mol. The maximum absolute atomic E-state index is 13.4. The van der Waals surface area contributed by atoms with Gasteiger partial charge in [-0.3, -0.25) is 9.59 Å². The van der Waals surface area contributed by atoms with E-state index in [1.165, 1.54) is 0 Å². The first-order chi connectivity index (χ1) is 12.3. The molecule has 0 radical (unpaired) electrons. The molecule has 26 heavy (non-hydrogen) atoms. The van der Waals surface area contributed by atoms with E-state index in [-0.39, 0.29) is 25.0 Å². The highest BCUT2D eigenvalue weighted by Gasteiger charge is 2.26. The summed E-state index contributed by atoms with van der Waals surface area (Å²) in [6.07, 6.45) is -0.0841. The zero-order chi connectivity index (χ0) is 19.3. The van der Waals surface area contributed by atoms with Crippen LogP contribution in [0.3, 0.4) is 0 Å². The molecule has 0 aliphatic carbocycles. The van der Waals surface area contributed by atoms with E-state index in [0.717, 1.165) is 0 Å². The summed E-state index contributed by atoms with van der Waals surface area (Å²) in [5.41, 5.74) is -0.752. The molecule has 3 nitrogen and oxygen atoms in total. The topological polar surface area (TPSA) is 43.4 Å². The number of rotatable bonds is 7. The Morgan fingerprint density at radius 2 is 1.31 bits per heavy atom. The van der Waals surface area contributed by atoms with Crippen molar-refractivity contribution < 1.29 is 36.3 Å². The maximum atomic E-state index is 13.4. The molecule has 0 aromatic heterocycles. The minimum atomic E-state index is -2.28. The van der Waals surface area contributed by atoms with E-state index < -0.39 is 47.2 Å². The first-order valence-corrected chi connectivity index (χ1v) is 7.57. The van der Waals surface area contributed by atoms with Gasteiger partial charge in [0.15, 0.2) is 29.1 Å². The van der Waals surface area contributed by atoms with Crippen molar-refractivity contribution in [3.05, 3.63) is 70.5 Å². The van der Waals surface area contributed by atoms with Crippen molar-refractivity contribution in [1.29, 1.82) is 0 Å². The van der Waals surface area contributed by atoms with Crippen LogP contribution >= 0.6 is 0 Å². The van der Waals surface area contributed by atoms with Gasteiger partial charge < -0.3 is 4.74 Å². The number of ketones is 1. The lowest BCUT2D eigenvalue weighted by molar-refractivity contribution is -0.145. The van der Waals surface area contributed by atoms with E-state index in [1.807, 2.05) is 0 Å². The van der Waals surface area contributed by atoms with Crippen molar-refractivity contribution in [3.8, 4) is 0 Å². The van der Waals surface area contributed by atoms with Crippen molar-refractivity contribution in [1.82, 2.24) is 0 Å². The third-order valence-corrected chi connectivity index (χ3v) is 3.56. The fourth-order valence-corrected chi connectivity index (χ4v) is 2.16. The predicted octanol–water partition coefficient (Wildman–Crippen LogP) is 4.48. The van der Waals surface area contributed by atoms with Crippen LogP contribution in [0.5, 0.6) is 0 Å². The summed E-state index contributed by atoms with van der Waals surface area (Å²) in [6, 6.07) is 8.35. The number of carbonyl (C=O) groups excluding carboxylic acids is 2. The van der Waals surface area contributed by atoms with Gasteiger partial charge in [-0.05, 0) is 6.42 Å². The summed E-state index contributed by atoms with van der Waals surface area (Å²) in [5.74, 6) is -11.7. The molecule has 8 heteroatoms. The number of Topliss-reactive ketones (excluding diaryl/α,β-unsaturated/α-hetero) is 1. The van der Waals surface area contributed by atoms with Gasteiger partial charge in [0.05, 0.1) is 5.56 Å². The monoisotopic (exact) mass is 372 g/mol. The van der Waals surface area contributed by atoms with Crippen LogP contribution in [0.15, 0.2) is 30.3 Å². The quantitative estimate of drug-likeness (QED) is 0.237. The van der Waals surface area contributed by atoms with Crippen LogP contribution < -0.4 is 0 Å². The van der Waals surface area contributed by atoms with Crippen molar-refractivity contribution in [2.75, 3.05) is 0 Å². The van der Waals surface area contributed by atoms with Crippen molar-refractivity contribution >= 4 is 11.8 Å². The largest absolute Gasteiger partial charge is 0.461 e. The van der Waals surface area contributed by atoms with Crippen molar-refractivity contribution in [2.45, 2.75) is 25.9 Å². The Labute approximate surface area is 145 Å². The normalized spacial score (nSPS) is 10.7. The molecule has 0 aliphatic heterocycles. The molecule has 2 aromatic carbocycles. The number of hydrogen-bond donors (Lipinski definition) is 0. The molecule has 138 valence electrons. The molecule has 0 unspecified atom stereocenters. The van der Waals surface area contributed by atoms with Crippen molar-refractivity contribution in [3.63, 3.8) is 0 Å². The number of hydrogen-bond acceptors (Lipinski definition) is 3. The van der Waals surface area contributed by atoms with Gasteiger partial charge in [0.25, 0.3) is 0 Å². The van der Waals surface area contributed by atoms with Gasteiger partial charge in [0.2, 0.25) is 5.82 Å². The SMILES string of the molecule is O=C(CCCC(=O)c1ccccc1)OCc1c(F)c(F)c(F)c(F)c1F. The summed E-state index contributed by atoms with van der Waals surface area (Å²) < 4.78 is 70.4. The minimum Gasteiger partial charge on any atom is -0.461 e. The third-order valence-electron chi connectivity index (χ3n) is 3.56. The Kier molecular flexibility index (Phi) is 6.43. The van der Waals surface area contributed by atoms with Gasteiger partial charge in [0.1, 0.15) is 6.61 Å². The second-order valence-electron chi connectivity index (χ2n) is 5.35. The van der Waals surface area contributed by atoms with Crippen LogP contribution in [-0.2, 0) is 16.1 Å². The maximum Gasteiger partial charge on any atom is 0.306 e. The highest BCUT2D eigenvalue weighted by Crippen LogP contribution is 2.23. The average Bonchev–Trinajstić information content (AvgIpc) is 2.65. The molecule has 0 saturated carbocycles. The van der Waals surface area contributed by atoms with Gasteiger partial charge in [-0.25, -0.2) is 22.0 Å². The fourth-order valence-electron chi connectivity index (χ4n) is 2.16. The molecular weight excluding hydrogens is 359 g/mol. The van der Waals surface area contributed by atoms with E-state index in [9.17, 15) is 31.5 Å². The molecule has 0 spiro atoms. The Hall–Kier alpha value is -2.77. The van der Waals surface area contributed by atoms with Crippen LogP contribution in [0.4, 0.5) is 22.0 Å². The molecule has 0 aliphatic rings. The van der Waals surface area contributed by atoms with Gasteiger partial charge in [-0.1, -0.05) is 30.3 Å². The third kappa shape index (κ3) is 4.44. The lowest BCUT2D eigenvalue weighted by atomic mass is 10.1. The van der Waals surface area contributed by atoms with Crippen LogP contribution in [0.2, 0.25) is 0 Å². The van der Waals surface area contributed by atoms with E-state index in [4.69, 9.17) is 0 Å². The molecule has 0 bridgehead atoms. The highest BCUT2D eigenvalue weighted by atomic mass is 19.2. The standard InChI is InChI=1S/C18H13F5O3/c19-14-11(15(20)17(22)18(23)16(14)21)9-26-13(25)8-4-7-12(24)10-5-2-1-3-6-10/h1-3,5-6H,4,7-9H2. The summed E-state index contributed by atoms with van der Waals surface area (Å²) in [5, 5.41) is 0. The predicted molar refractivity (Wildman–Crippen MR) is 80.7 cm³/mol. The summed E-state index contributed by atoms with van der Waals surface area (Å²) in [4.78, 5) is 23.4. The zero-order valence-corrected chi connectivity index (χ0v) is 13.3. The minimum absolute atomic E-state index is 0.0433. The summed E-state index contributed by atoms with van der Waals surface area (Å²) >= 11 is 0. The van der Waals surface area contributed by atoms with E-state index in [0.29, 0.717) is 5.56 Å². The zero-order valence-electron chi connectivity index (χ0n) is 13.3. The van der Waals surface area contributed by atoms with Gasteiger partial charge in [-0.15, -0.1) is 0 Å². The van der Waals surface area contributed by atoms with Gasteiger partial charge in [-0.2, -0.15) is 0 Å². The second-order valence-corrected chi connectivity index (χ2v) is 5.35. The van der Waals surface area contributed by atoms with Crippen molar-refractivity contribution in [2.24, 2.45) is 0 Å². The first-order valence-electron chi connectivity index (χ1n) is 7.57. The van der Waals surface area contributed by atoms with Crippen LogP contribution in [0.1, 0.15) is 35.2 Å². The fraction of sp³-hybridized carbons (Fsp3) is 0.222. The number of carbonyl (C=O) groups is 2. The Balaban J connectivity index is 1.87. The molecule has 0 fully saturated rings. The highest BCUT2D eigenvalue weighted by molar-refractivity contribution is 5.96. The number of ether oxygens (including phenoxy) is 1. The van der Waals surface area contributed by atoms with Crippen LogP contribution in [-0.4, -0.2) is 11.8 Å². The molecule has 2 rings (SSSR count). The molecule has 0 atom stereocenters. The summed E-state index contributed by atoms with van der Waals surface area (Å²) in [7, 11) is 0. The Bertz CT molecular complexity index is 792. The Morgan fingerprint density at radius 1 is 0.769 bits per heavy atom. The molecule has 2 aromatic rings. The van der Waals surface area contributed by atoms with E-state index >= 15 is 0 Å². The number of benzene rings is 2. The van der Waals surface area contributed by atoms with Crippen LogP contribution in [0, 0.1) is 29.1 Å². The lowest BCUT2D eigenvalue weighted by Crippen LogP contribution is -2.12. The molecule has 0 amide bonds.